The molecule has 2 rings (SSSR count). The fourth-order valence-corrected chi connectivity index (χ4v) is 2.23. The molecular formula is C17H16N4O5S. The molecule has 0 heterocycles. The third kappa shape index (κ3) is 5.47. The first kappa shape index (κ1) is 19.8. The van der Waals surface area contributed by atoms with Crippen LogP contribution in [0.1, 0.15) is 27.6 Å². The number of hydrogen-bond acceptors (Lipinski definition) is 6. The van der Waals surface area contributed by atoms with Crippen molar-refractivity contribution in [2.75, 3.05) is 6.61 Å². The van der Waals surface area contributed by atoms with E-state index in [1.54, 1.807) is 24.3 Å². The summed E-state index contributed by atoms with van der Waals surface area (Å²) in [5.41, 5.74) is 4.39. The van der Waals surface area contributed by atoms with Gasteiger partial charge in [-0.05, 0) is 49.5 Å². The molecule has 0 spiro atoms. The molecule has 0 aliphatic carbocycles. The van der Waals surface area contributed by atoms with Gasteiger partial charge >= 0.3 is 0 Å². The van der Waals surface area contributed by atoms with Gasteiger partial charge in [-0.25, -0.2) is 0 Å². The largest absolute Gasteiger partial charge is 0.494 e. The molecule has 0 radical (unpaired) electrons. The van der Waals surface area contributed by atoms with Gasteiger partial charge in [-0.3, -0.25) is 35.9 Å². The van der Waals surface area contributed by atoms with E-state index in [2.05, 4.69) is 16.2 Å². The van der Waals surface area contributed by atoms with Crippen LogP contribution in [0, 0.1) is 10.1 Å². The Morgan fingerprint density at radius 1 is 1.07 bits per heavy atom. The van der Waals surface area contributed by atoms with Crippen molar-refractivity contribution in [2.45, 2.75) is 6.92 Å². The summed E-state index contributed by atoms with van der Waals surface area (Å²) < 4.78 is 5.29. The maximum absolute atomic E-state index is 12.1. The van der Waals surface area contributed by atoms with Crippen molar-refractivity contribution >= 4 is 34.8 Å². The van der Waals surface area contributed by atoms with Crippen molar-refractivity contribution in [3.05, 3.63) is 69.8 Å². The average molecular weight is 388 g/mol. The number of rotatable bonds is 5. The van der Waals surface area contributed by atoms with Gasteiger partial charge in [-0.15, -0.1) is 0 Å². The van der Waals surface area contributed by atoms with Gasteiger partial charge in [0, 0.05) is 11.6 Å². The number of benzene rings is 2. The molecule has 2 amide bonds. The zero-order valence-electron chi connectivity index (χ0n) is 14.2. The Bertz CT molecular complexity index is 870. The quantitative estimate of drug-likeness (QED) is 0.406. The molecular weight excluding hydrogens is 372 g/mol. The second-order valence-electron chi connectivity index (χ2n) is 5.09. The molecule has 3 N–H and O–H groups in total. The second-order valence-corrected chi connectivity index (χ2v) is 5.50. The van der Waals surface area contributed by atoms with Crippen LogP contribution in [-0.4, -0.2) is 28.5 Å². The van der Waals surface area contributed by atoms with Crippen LogP contribution in [0.15, 0.2) is 48.5 Å². The number of para-hydroxylation sites is 1. The lowest BCUT2D eigenvalue weighted by Crippen LogP contribution is -2.48. The molecule has 2 aromatic rings. The van der Waals surface area contributed by atoms with Gasteiger partial charge in [0.25, 0.3) is 17.5 Å². The Kier molecular flexibility index (Phi) is 6.78. The number of nitrogens with zero attached hydrogens (tertiary/aromatic N) is 1. The van der Waals surface area contributed by atoms with E-state index in [9.17, 15) is 19.7 Å². The van der Waals surface area contributed by atoms with Crippen molar-refractivity contribution in [1.29, 1.82) is 0 Å². The number of thiocarbonyl (C=S) groups is 1. The molecule has 0 aromatic heterocycles. The van der Waals surface area contributed by atoms with E-state index in [0.717, 1.165) is 0 Å². The maximum Gasteiger partial charge on any atom is 0.282 e. The highest BCUT2D eigenvalue weighted by atomic mass is 32.1. The first-order valence-electron chi connectivity index (χ1n) is 7.80. The van der Waals surface area contributed by atoms with Gasteiger partial charge in [0.2, 0.25) is 0 Å². The number of carbonyl (C=O) groups is 2. The Balaban J connectivity index is 1.91. The molecule has 0 aliphatic heterocycles. The molecule has 140 valence electrons. The summed E-state index contributed by atoms with van der Waals surface area (Å²) in [4.78, 5) is 34.4. The molecule has 0 aliphatic rings. The number of nitro groups is 1. The van der Waals surface area contributed by atoms with Crippen LogP contribution >= 0.6 is 12.2 Å². The minimum Gasteiger partial charge on any atom is -0.494 e. The lowest BCUT2D eigenvalue weighted by Gasteiger charge is -2.11. The summed E-state index contributed by atoms with van der Waals surface area (Å²) in [6, 6.07) is 11.9. The highest BCUT2D eigenvalue weighted by molar-refractivity contribution is 7.80. The third-order valence-corrected chi connectivity index (χ3v) is 3.49. The summed E-state index contributed by atoms with van der Waals surface area (Å²) in [5.74, 6) is -0.623. The zero-order valence-corrected chi connectivity index (χ0v) is 15.0. The highest BCUT2D eigenvalue weighted by Gasteiger charge is 2.19. The fraction of sp³-hybridized carbons (Fsp3) is 0.118. The van der Waals surface area contributed by atoms with Gasteiger partial charge in [-0.1, -0.05) is 12.1 Å². The molecule has 0 saturated heterocycles. The minimum atomic E-state index is -0.764. The molecule has 0 saturated carbocycles. The van der Waals surface area contributed by atoms with Crippen molar-refractivity contribution in [3.8, 4) is 5.75 Å². The summed E-state index contributed by atoms with van der Waals surface area (Å²) in [7, 11) is 0. The van der Waals surface area contributed by atoms with Gasteiger partial charge in [-0.2, -0.15) is 0 Å². The molecule has 0 fully saturated rings. The lowest BCUT2D eigenvalue weighted by atomic mass is 10.2. The van der Waals surface area contributed by atoms with E-state index < -0.39 is 16.7 Å². The van der Waals surface area contributed by atoms with E-state index in [1.165, 1.54) is 24.3 Å². The number of hydrazine groups is 1. The normalized spacial score (nSPS) is 9.81. The molecule has 2 aromatic carbocycles. The van der Waals surface area contributed by atoms with E-state index in [-0.39, 0.29) is 16.4 Å². The highest BCUT2D eigenvalue weighted by Crippen LogP contribution is 2.17. The van der Waals surface area contributed by atoms with Gasteiger partial charge in [0.05, 0.1) is 11.5 Å². The molecule has 0 bridgehead atoms. The number of nitro benzene ring substituents is 1. The monoisotopic (exact) mass is 388 g/mol. The van der Waals surface area contributed by atoms with Crippen LogP contribution in [0.5, 0.6) is 5.75 Å². The molecule has 0 unspecified atom stereocenters. The predicted molar refractivity (Wildman–Crippen MR) is 101 cm³/mol. The lowest BCUT2D eigenvalue weighted by molar-refractivity contribution is -0.385. The van der Waals surface area contributed by atoms with Crippen molar-refractivity contribution in [3.63, 3.8) is 0 Å². The Hall–Kier alpha value is -3.53. The first-order valence-corrected chi connectivity index (χ1v) is 8.21. The smallest absolute Gasteiger partial charge is 0.282 e. The standard InChI is InChI=1S/C17H16N4O5S/c1-2-26-12-9-7-11(8-10-12)15(22)18-17(27)20-19-16(23)13-5-3-4-6-14(13)21(24)25/h3-10H,2H2,1H3,(H,19,23)(H2,18,20,22,27). The number of hydrogen-bond donors (Lipinski definition) is 3. The molecule has 9 nitrogen and oxygen atoms in total. The predicted octanol–water partition coefficient (Wildman–Crippen LogP) is 1.94. The van der Waals surface area contributed by atoms with Gasteiger partial charge < -0.3 is 4.74 Å². The Morgan fingerprint density at radius 3 is 2.37 bits per heavy atom. The van der Waals surface area contributed by atoms with Crippen LogP contribution in [0.25, 0.3) is 0 Å². The van der Waals surface area contributed by atoms with E-state index in [0.29, 0.717) is 17.9 Å². The van der Waals surface area contributed by atoms with E-state index in [1.807, 2.05) is 6.92 Å². The molecule has 27 heavy (non-hydrogen) atoms. The Labute approximate surface area is 159 Å². The number of amides is 2. The van der Waals surface area contributed by atoms with Crippen molar-refractivity contribution in [2.24, 2.45) is 0 Å². The van der Waals surface area contributed by atoms with E-state index in [4.69, 9.17) is 17.0 Å². The van der Waals surface area contributed by atoms with Crippen LogP contribution in [0.2, 0.25) is 0 Å². The first-order chi connectivity index (χ1) is 12.9. The second kappa shape index (κ2) is 9.25. The van der Waals surface area contributed by atoms with Gasteiger partial charge in [0.15, 0.2) is 5.11 Å². The van der Waals surface area contributed by atoms with Crippen LogP contribution in [0.3, 0.4) is 0 Å². The van der Waals surface area contributed by atoms with Crippen molar-refractivity contribution < 1.29 is 19.2 Å². The average Bonchev–Trinajstić information content (AvgIpc) is 2.66. The van der Waals surface area contributed by atoms with Crippen molar-refractivity contribution in [1.82, 2.24) is 16.2 Å². The number of ether oxygens (including phenoxy) is 1. The van der Waals surface area contributed by atoms with Gasteiger partial charge in [0.1, 0.15) is 11.3 Å². The fourth-order valence-electron chi connectivity index (χ4n) is 2.08. The molecule has 10 heteroatoms. The SMILES string of the molecule is CCOc1ccc(C(=O)NC(=S)NNC(=O)c2ccccc2[N+](=O)[O-])cc1. The Morgan fingerprint density at radius 2 is 1.74 bits per heavy atom. The summed E-state index contributed by atoms with van der Waals surface area (Å²) >= 11 is 4.93. The third-order valence-electron chi connectivity index (χ3n) is 3.29. The number of nitrogens with one attached hydrogen (secondary N) is 3. The van der Waals surface area contributed by atoms with E-state index >= 15 is 0 Å². The summed E-state index contributed by atoms with van der Waals surface area (Å²) in [6.45, 7) is 2.36. The zero-order chi connectivity index (χ0) is 19.8. The summed E-state index contributed by atoms with van der Waals surface area (Å²) in [6.07, 6.45) is 0. The number of carbonyl (C=O) groups excluding carboxylic acids is 2. The molecule has 0 atom stereocenters. The maximum atomic E-state index is 12.1. The topological polar surface area (TPSA) is 123 Å². The van der Waals surface area contributed by atoms with Crippen LogP contribution < -0.4 is 20.9 Å². The minimum absolute atomic E-state index is 0.143. The van der Waals surface area contributed by atoms with Crippen LogP contribution in [0.4, 0.5) is 5.69 Å². The summed E-state index contributed by atoms with van der Waals surface area (Å²) in [5, 5.41) is 13.2. The van der Waals surface area contributed by atoms with Crippen LogP contribution in [-0.2, 0) is 0 Å².